The minimum Gasteiger partial charge on any atom is -0.395 e. The number of aromatic nitrogens is 1. The second-order valence-corrected chi connectivity index (χ2v) is 13.7. The molecular weight excluding hydrogens is 478 g/mol. The molecule has 0 amide bonds. The van der Waals surface area contributed by atoms with Gasteiger partial charge in [-0.05, 0) is 85.2 Å². The molecule has 3 aliphatic carbocycles. The van der Waals surface area contributed by atoms with E-state index in [-0.39, 0.29) is 12.0 Å². The molecule has 0 aliphatic heterocycles. The van der Waals surface area contributed by atoms with Crippen molar-refractivity contribution in [3.05, 3.63) is 52.0 Å². The van der Waals surface area contributed by atoms with Gasteiger partial charge in [-0.2, -0.15) is 0 Å². The molecule has 0 spiro atoms. The molecule has 37 heavy (non-hydrogen) atoms. The lowest BCUT2D eigenvalue weighted by Gasteiger charge is -2.44. The van der Waals surface area contributed by atoms with E-state index in [1.807, 2.05) is 11.6 Å². The van der Waals surface area contributed by atoms with E-state index < -0.39 is 12.2 Å². The standard InChI is InChI=1S/C32H49NO3S/c1-21(2)32(20-34,30-33-16-17-37-30)15-6-8-22(3)27-12-13-28-24(9-7-14-31(27,28)5)10-11-25-18-26(35)19-29(36)23(25)4/h10-11,16-17,21-22,26-29,34-36H,4,6-9,12-15,18-20H2,1-3,5H3/b24-10-,25-11+/t22?,26-,27-,28?,29-,31-,32+/m1/s1. The molecule has 3 fully saturated rings. The van der Waals surface area contributed by atoms with Crippen LogP contribution in [-0.2, 0) is 5.41 Å². The molecule has 206 valence electrons. The van der Waals surface area contributed by atoms with Gasteiger partial charge in [-0.25, -0.2) is 4.98 Å². The van der Waals surface area contributed by atoms with Crippen molar-refractivity contribution < 1.29 is 15.3 Å². The monoisotopic (exact) mass is 527 g/mol. The highest BCUT2D eigenvalue weighted by molar-refractivity contribution is 7.09. The zero-order chi connectivity index (χ0) is 26.8. The van der Waals surface area contributed by atoms with Gasteiger partial charge in [0.1, 0.15) is 5.01 Å². The van der Waals surface area contributed by atoms with Crippen molar-refractivity contribution in [1.82, 2.24) is 4.98 Å². The predicted octanol–water partition coefficient (Wildman–Crippen LogP) is 6.98. The maximum atomic E-state index is 10.4. The van der Waals surface area contributed by atoms with Crippen molar-refractivity contribution in [2.24, 2.45) is 29.1 Å². The lowest BCUT2D eigenvalue weighted by Crippen LogP contribution is -2.37. The molecule has 4 nitrogen and oxygen atoms in total. The maximum Gasteiger partial charge on any atom is 0.101 e. The molecule has 0 radical (unpaired) electrons. The topological polar surface area (TPSA) is 73.6 Å². The highest BCUT2D eigenvalue weighted by Gasteiger charge is 2.50. The summed E-state index contributed by atoms with van der Waals surface area (Å²) in [5, 5.41) is 33.9. The number of aliphatic hydroxyl groups excluding tert-OH is 3. The van der Waals surface area contributed by atoms with E-state index >= 15 is 0 Å². The molecule has 5 heteroatoms. The molecule has 2 unspecified atom stereocenters. The molecular formula is C32H49NO3S. The van der Waals surface area contributed by atoms with Crippen LogP contribution in [0.25, 0.3) is 0 Å². The van der Waals surface area contributed by atoms with Crippen LogP contribution in [-0.4, -0.2) is 39.1 Å². The first-order valence-corrected chi connectivity index (χ1v) is 15.5. The number of hydrogen-bond acceptors (Lipinski definition) is 5. The average molecular weight is 528 g/mol. The van der Waals surface area contributed by atoms with E-state index in [0.29, 0.717) is 36.0 Å². The Kier molecular flexibility index (Phi) is 9.21. The first-order chi connectivity index (χ1) is 17.6. The summed E-state index contributed by atoms with van der Waals surface area (Å²) in [5.74, 6) is 2.37. The van der Waals surface area contributed by atoms with Crippen molar-refractivity contribution in [2.75, 3.05) is 6.61 Å². The summed E-state index contributed by atoms with van der Waals surface area (Å²) in [6, 6.07) is 0. The van der Waals surface area contributed by atoms with E-state index in [0.717, 1.165) is 41.3 Å². The first kappa shape index (κ1) is 28.7. The van der Waals surface area contributed by atoms with Crippen molar-refractivity contribution in [3.63, 3.8) is 0 Å². The van der Waals surface area contributed by atoms with Crippen LogP contribution in [0.5, 0.6) is 0 Å². The molecule has 1 aromatic heterocycles. The maximum absolute atomic E-state index is 10.4. The van der Waals surface area contributed by atoms with E-state index in [4.69, 9.17) is 0 Å². The number of aliphatic hydroxyl groups is 3. The summed E-state index contributed by atoms with van der Waals surface area (Å²) in [6.07, 6.45) is 15.8. The van der Waals surface area contributed by atoms with E-state index in [1.54, 1.807) is 16.9 Å². The van der Waals surface area contributed by atoms with Gasteiger partial charge < -0.3 is 15.3 Å². The predicted molar refractivity (Wildman–Crippen MR) is 153 cm³/mol. The Morgan fingerprint density at radius 3 is 2.70 bits per heavy atom. The SMILES string of the molecule is C=C1/C(=C/C=C2/CCC[C@@]3(C)C2CC[C@@H]3C(C)CCC[C@@](CO)(c2nccs2)C(C)C)C[C@@H](O)C[C@H]1O. The summed E-state index contributed by atoms with van der Waals surface area (Å²) in [5.41, 5.74) is 3.45. The van der Waals surface area contributed by atoms with Crippen molar-refractivity contribution in [2.45, 2.75) is 110 Å². The Bertz CT molecular complexity index is 982. The fourth-order valence-corrected chi connectivity index (χ4v) is 9.07. The van der Waals surface area contributed by atoms with Gasteiger partial charge in [0.25, 0.3) is 0 Å². The third-order valence-electron chi connectivity index (χ3n) is 10.5. The minimum atomic E-state index is -0.627. The van der Waals surface area contributed by atoms with Crippen LogP contribution in [0, 0.1) is 29.1 Å². The molecule has 3 saturated carbocycles. The third-order valence-corrected chi connectivity index (χ3v) is 11.5. The van der Waals surface area contributed by atoms with Crippen LogP contribution in [0.4, 0.5) is 0 Å². The Balaban J connectivity index is 1.43. The van der Waals surface area contributed by atoms with E-state index in [9.17, 15) is 15.3 Å². The van der Waals surface area contributed by atoms with Gasteiger partial charge in [-0.15, -0.1) is 11.3 Å². The van der Waals surface area contributed by atoms with Crippen LogP contribution >= 0.6 is 11.3 Å². The van der Waals surface area contributed by atoms with Gasteiger partial charge in [0.2, 0.25) is 0 Å². The summed E-state index contributed by atoms with van der Waals surface area (Å²) in [4.78, 5) is 4.61. The molecule has 0 aromatic carbocycles. The van der Waals surface area contributed by atoms with Crippen molar-refractivity contribution in [1.29, 1.82) is 0 Å². The number of nitrogens with zero attached hydrogens (tertiary/aromatic N) is 1. The molecule has 1 aromatic rings. The van der Waals surface area contributed by atoms with Crippen LogP contribution in [0.3, 0.4) is 0 Å². The molecule has 0 bridgehead atoms. The van der Waals surface area contributed by atoms with Crippen LogP contribution < -0.4 is 0 Å². The highest BCUT2D eigenvalue weighted by atomic mass is 32.1. The molecule has 3 N–H and O–H groups in total. The van der Waals surface area contributed by atoms with Gasteiger partial charge in [-0.1, -0.05) is 64.8 Å². The quantitative estimate of drug-likeness (QED) is 0.324. The number of rotatable bonds is 9. The van der Waals surface area contributed by atoms with Crippen molar-refractivity contribution >= 4 is 11.3 Å². The lowest BCUT2D eigenvalue weighted by atomic mass is 9.60. The largest absolute Gasteiger partial charge is 0.395 e. The van der Waals surface area contributed by atoms with Gasteiger partial charge in [0.15, 0.2) is 0 Å². The van der Waals surface area contributed by atoms with Gasteiger partial charge in [-0.3, -0.25) is 0 Å². The summed E-state index contributed by atoms with van der Waals surface area (Å²) in [6.45, 7) is 13.7. The Labute approximate surface area is 228 Å². The normalized spacial score (nSPS) is 35.2. The minimum absolute atomic E-state index is 0.167. The average Bonchev–Trinajstić information content (AvgIpc) is 3.51. The zero-order valence-electron chi connectivity index (χ0n) is 23.5. The Hall–Kier alpha value is -1.27. The van der Waals surface area contributed by atoms with E-state index in [1.165, 1.54) is 32.1 Å². The second-order valence-electron chi connectivity index (χ2n) is 12.8. The van der Waals surface area contributed by atoms with Crippen LogP contribution in [0.2, 0.25) is 0 Å². The number of thiazole rings is 1. The third kappa shape index (κ3) is 5.71. The van der Waals surface area contributed by atoms with E-state index in [2.05, 4.69) is 51.4 Å². The molecule has 0 saturated heterocycles. The van der Waals surface area contributed by atoms with Gasteiger partial charge in [0.05, 0.1) is 18.8 Å². The number of fused-ring (bicyclic) bond motifs is 1. The first-order valence-electron chi connectivity index (χ1n) is 14.6. The van der Waals surface area contributed by atoms with Crippen LogP contribution in [0.1, 0.15) is 96.9 Å². The van der Waals surface area contributed by atoms with Gasteiger partial charge >= 0.3 is 0 Å². The molecule has 4 rings (SSSR count). The molecule has 7 atom stereocenters. The van der Waals surface area contributed by atoms with Crippen LogP contribution in [0.15, 0.2) is 47.0 Å². The smallest absolute Gasteiger partial charge is 0.101 e. The van der Waals surface area contributed by atoms with Gasteiger partial charge in [0, 0.05) is 23.4 Å². The summed E-state index contributed by atoms with van der Waals surface area (Å²) < 4.78 is 0. The molecule has 3 aliphatic rings. The lowest BCUT2D eigenvalue weighted by molar-refractivity contribution is 0.0860. The number of hydrogen-bond donors (Lipinski definition) is 3. The summed E-state index contributed by atoms with van der Waals surface area (Å²) >= 11 is 1.68. The Morgan fingerprint density at radius 2 is 2.03 bits per heavy atom. The fourth-order valence-electron chi connectivity index (χ4n) is 8.06. The van der Waals surface area contributed by atoms with Crippen molar-refractivity contribution in [3.8, 4) is 0 Å². The Morgan fingerprint density at radius 1 is 1.24 bits per heavy atom. The molecule has 1 heterocycles. The highest BCUT2D eigenvalue weighted by Crippen LogP contribution is 2.60. The second kappa shape index (κ2) is 11.9. The fraction of sp³-hybridized carbons (Fsp3) is 0.719. The summed E-state index contributed by atoms with van der Waals surface area (Å²) in [7, 11) is 0. The zero-order valence-corrected chi connectivity index (χ0v) is 24.3. The number of allylic oxidation sites excluding steroid dienone is 3.